The topological polar surface area (TPSA) is 29.9 Å². The quantitative estimate of drug-likeness (QED) is 0.631. The maximum atomic E-state index is 4.26. The van der Waals surface area contributed by atoms with Crippen LogP contribution in [0.4, 0.5) is 0 Å². The van der Waals surface area contributed by atoms with E-state index in [2.05, 4.69) is 21.8 Å². The Hall–Kier alpha value is -0.830. The summed E-state index contributed by atoms with van der Waals surface area (Å²) in [6.07, 6.45) is 1.93. The largest absolute Gasteiger partial charge is 0.330 e. The van der Waals surface area contributed by atoms with Crippen molar-refractivity contribution in [3.63, 3.8) is 0 Å². The van der Waals surface area contributed by atoms with Gasteiger partial charge in [-0.25, -0.2) is 4.98 Å². The lowest BCUT2D eigenvalue weighted by atomic mass is 10.4. The molecular weight excluding hydrogens is 150 g/mol. The average Bonchev–Trinajstić information content (AvgIpc) is 2.53. The molecule has 0 saturated heterocycles. The van der Waals surface area contributed by atoms with E-state index in [-0.39, 0.29) is 0 Å². The van der Waals surface area contributed by atoms with Crippen LogP contribution < -0.4 is 5.32 Å². The predicted molar refractivity (Wildman–Crippen MR) is 50.0 cm³/mol. The van der Waals surface area contributed by atoms with Gasteiger partial charge in [-0.15, -0.1) is 0 Å². The van der Waals surface area contributed by atoms with Crippen LogP contribution in [0, 0.1) is 6.92 Å². The molecule has 1 aromatic rings. The molecule has 68 valence electrons. The number of imidazole rings is 1. The van der Waals surface area contributed by atoms with Crippen LogP contribution in [-0.4, -0.2) is 16.1 Å². The van der Waals surface area contributed by atoms with Gasteiger partial charge in [0.25, 0.3) is 0 Å². The predicted octanol–water partition coefficient (Wildman–Crippen LogP) is 1.32. The molecule has 2 heterocycles. The van der Waals surface area contributed by atoms with Crippen molar-refractivity contribution in [2.45, 2.75) is 33.9 Å². The maximum Gasteiger partial charge on any atom is 0.122 e. The highest BCUT2D eigenvalue weighted by Crippen LogP contribution is 2.06. The Morgan fingerprint density at radius 3 is 2.92 bits per heavy atom. The molecule has 1 N–H and O–H groups in total. The van der Waals surface area contributed by atoms with Crippen LogP contribution in [-0.2, 0) is 13.1 Å². The first-order valence-corrected chi connectivity index (χ1v) is 4.59. The van der Waals surface area contributed by atoms with Gasteiger partial charge in [0.15, 0.2) is 0 Å². The van der Waals surface area contributed by atoms with Crippen LogP contribution >= 0.6 is 0 Å². The molecule has 1 aliphatic heterocycles. The number of aryl methyl sites for hydroxylation is 1. The average molecular weight is 167 g/mol. The monoisotopic (exact) mass is 167 g/mol. The minimum atomic E-state index is 0.924. The first-order chi connectivity index (χ1) is 5.88. The number of nitrogens with zero attached hydrogens (tertiary/aromatic N) is 2. The second-order valence-corrected chi connectivity index (χ2v) is 2.64. The Labute approximate surface area is 73.8 Å². The van der Waals surface area contributed by atoms with Crippen LogP contribution in [0.1, 0.15) is 25.4 Å². The normalized spacial score (nSPS) is 14.6. The molecule has 0 radical (unpaired) electrons. The molecule has 0 aromatic carbocycles. The fraction of sp³-hybridized carbons (Fsp3) is 0.667. The highest BCUT2D eigenvalue weighted by atomic mass is 15.1. The van der Waals surface area contributed by atoms with Crippen LogP contribution in [0.15, 0.2) is 6.20 Å². The van der Waals surface area contributed by atoms with Gasteiger partial charge >= 0.3 is 0 Å². The summed E-state index contributed by atoms with van der Waals surface area (Å²) in [6, 6.07) is 0. The van der Waals surface area contributed by atoms with Crippen molar-refractivity contribution in [3.05, 3.63) is 17.7 Å². The SMILES string of the molecule is CC.Cc1cnc2n1CCNC2. The molecule has 0 unspecified atom stereocenters. The van der Waals surface area contributed by atoms with Crippen LogP contribution in [0.5, 0.6) is 0 Å². The fourth-order valence-electron chi connectivity index (χ4n) is 1.35. The van der Waals surface area contributed by atoms with Gasteiger partial charge in [-0.3, -0.25) is 0 Å². The van der Waals surface area contributed by atoms with Crippen molar-refractivity contribution in [3.8, 4) is 0 Å². The maximum absolute atomic E-state index is 4.26. The number of fused-ring (bicyclic) bond motifs is 1. The zero-order chi connectivity index (χ0) is 8.97. The Morgan fingerprint density at radius 1 is 1.50 bits per heavy atom. The summed E-state index contributed by atoms with van der Waals surface area (Å²) in [5, 5.41) is 3.27. The molecule has 0 atom stereocenters. The summed E-state index contributed by atoms with van der Waals surface area (Å²) in [4.78, 5) is 4.26. The van der Waals surface area contributed by atoms with Crippen molar-refractivity contribution in [1.29, 1.82) is 0 Å². The van der Waals surface area contributed by atoms with Crippen molar-refractivity contribution >= 4 is 0 Å². The van der Waals surface area contributed by atoms with Gasteiger partial charge in [-0.05, 0) is 6.92 Å². The van der Waals surface area contributed by atoms with E-state index in [1.165, 1.54) is 11.5 Å². The van der Waals surface area contributed by atoms with E-state index >= 15 is 0 Å². The number of hydrogen-bond donors (Lipinski definition) is 1. The highest BCUT2D eigenvalue weighted by molar-refractivity contribution is 5.04. The van der Waals surface area contributed by atoms with Gasteiger partial charge in [0, 0.05) is 25.0 Å². The van der Waals surface area contributed by atoms with E-state index in [4.69, 9.17) is 0 Å². The Kier molecular flexibility index (Phi) is 3.29. The van der Waals surface area contributed by atoms with E-state index in [1.54, 1.807) is 0 Å². The summed E-state index contributed by atoms with van der Waals surface area (Å²) in [6.45, 7) is 9.17. The Balaban J connectivity index is 0.000000336. The van der Waals surface area contributed by atoms with Gasteiger partial charge in [-0.1, -0.05) is 13.8 Å². The zero-order valence-electron chi connectivity index (χ0n) is 8.09. The lowest BCUT2D eigenvalue weighted by molar-refractivity contribution is 0.499. The molecule has 0 bridgehead atoms. The van der Waals surface area contributed by atoms with Gasteiger partial charge in [0.2, 0.25) is 0 Å². The van der Waals surface area contributed by atoms with Gasteiger partial charge in [0.1, 0.15) is 5.82 Å². The smallest absolute Gasteiger partial charge is 0.122 e. The van der Waals surface area contributed by atoms with Crippen molar-refractivity contribution in [2.75, 3.05) is 6.54 Å². The molecule has 0 aliphatic carbocycles. The zero-order valence-corrected chi connectivity index (χ0v) is 8.09. The van der Waals surface area contributed by atoms with Crippen molar-refractivity contribution < 1.29 is 0 Å². The van der Waals surface area contributed by atoms with Crippen LogP contribution in [0.2, 0.25) is 0 Å². The summed E-state index contributed by atoms with van der Waals surface area (Å²) < 4.78 is 2.26. The molecule has 1 aromatic heterocycles. The van der Waals surface area contributed by atoms with Crippen molar-refractivity contribution in [2.24, 2.45) is 0 Å². The summed E-state index contributed by atoms with van der Waals surface area (Å²) >= 11 is 0. The number of aromatic nitrogens is 2. The number of rotatable bonds is 0. The molecule has 3 heteroatoms. The van der Waals surface area contributed by atoms with E-state index in [0.717, 1.165) is 19.6 Å². The second-order valence-electron chi connectivity index (χ2n) is 2.64. The third-order valence-electron chi connectivity index (χ3n) is 1.93. The minimum Gasteiger partial charge on any atom is -0.330 e. The van der Waals surface area contributed by atoms with Gasteiger partial charge in [-0.2, -0.15) is 0 Å². The number of nitrogens with one attached hydrogen (secondary N) is 1. The van der Waals surface area contributed by atoms with Crippen LogP contribution in [0.3, 0.4) is 0 Å². The standard InChI is InChI=1S/C7H11N3.C2H6/c1-6-4-9-7-5-8-2-3-10(6)7;1-2/h4,8H,2-3,5H2,1H3;1-2H3. The molecule has 0 spiro atoms. The molecule has 0 fully saturated rings. The van der Waals surface area contributed by atoms with Gasteiger partial charge < -0.3 is 9.88 Å². The Bertz CT molecular complexity index is 240. The van der Waals surface area contributed by atoms with E-state index in [0.29, 0.717) is 0 Å². The molecule has 1 aliphatic rings. The number of hydrogen-bond acceptors (Lipinski definition) is 2. The van der Waals surface area contributed by atoms with Gasteiger partial charge in [0.05, 0.1) is 6.54 Å². The lowest BCUT2D eigenvalue weighted by Gasteiger charge is -2.15. The molecule has 0 amide bonds. The lowest BCUT2D eigenvalue weighted by Crippen LogP contribution is -2.28. The van der Waals surface area contributed by atoms with E-state index < -0.39 is 0 Å². The van der Waals surface area contributed by atoms with Crippen LogP contribution in [0.25, 0.3) is 0 Å². The third kappa shape index (κ3) is 1.67. The summed E-state index contributed by atoms with van der Waals surface area (Å²) in [5.74, 6) is 1.17. The molecule has 0 saturated carbocycles. The third-order valence-corrected chi connectivity index (χ3v) is 1.93. The highest BCUT2D eigenvalue weighted by Gasteiger charge is 2.09. The first-order valence-electron chi connectivity index (χ1n) is 4.59. The fourth-order valence-corrected chi connectivity index (χ4v) is 1.35. The molecule has 3 nitrogen and oxygen atoms in total. The van der Waals surface area contributed by atoms with E-state index in [1.807, 2.05) is 20.0 Å². The summed E-state index contributed by atoms with van der Waals surface area (Å²) in [5.41, 5.74) is 1.27. The first kappa shape index (κ1) is 9.26. The molecule has 12 heavy (non-hydrogen) atoms. The van der Waals surface area contributed by atoms with E-state index in [9.17, 15) is 0 Å². The van der Waals surface area contributed by atoms with Crippen molar-refractivity contribution in [1.82, 2.24) is 14.9 Å². The molecular formula is C9H17N3. The second kappa shape index (κ2) is 4.26. The molecule has 2 rings (SSSR count). The summed E-state index contributed by atoms with van der Waals surface area (Å²) in [7, 11) is 0. The minimum absolute atomic E-state index is 0.924. The Morgan fingerprint density at radius 2 is 2.25 bits per heavy atom.